The van der Waals surface area contributed by atoms with Crippen LogP contribution in [0.5, 0.6) is 0 Å². The first kappa shape index (κ1) is 22.8. The Hall–Kier alpha value is -2.93. The first-order valence-electron chi connectivity index (χ1n) is 12.4. The summed E-state index contributed by atoms with van der Waals surface area (Å²) in [5, 5.41) is 0. The van der Waals surface area contributed by atoms with Crippen molar-refractivity contribution in [3.63, 3.8) is 0 Å². The Labute approximate surface area is 201 Å². The minimum absolute atomic E-state index is 0.153. The molecule has 1 aromatic heterocycles. The molecule has 2 aliphatic heterocycles. The predicted molar refractivity (Wildman–Crippen MR) is 130 cm³/mol. The van der Waals surface area contributed by atoms with Gasteiger partial charge in [-0.15, -0.1) is 0 Å². The lowest BCUT2D eigenvalue weighted by atomic mass is 9.71. The number of aromatic nitrogens is 1. The van der Waals surface area contributed by atoms with Gasteiger partial charge in [0.2, 0.25) is 0 Å². The molecular weight excluding hydrogens is 428 g/mol. The van der Waals surface area contributed by atoms with Crippen LogP contribution >= 0.6 is 0 Å². The number of carbonyl (C=O) groups is 2. The fourth-order valence-electron chi connectivity index (χ4n) is 5.71. The van der Waals surface area contributed by atoms with E-state index in [2.05, 4.69) is 41.9 Å². The van der Waals surface area contributed by atoms with Crippen LogP contribution in [0, 0.1) is 11.3 Å². The Balaban J connectivity index is 1.18. The highest BCUT2D eigenvalue weighted by atomic mass is 16.6. The summed E-state index contributed by atoms with van der Waals surface area (Å²) in [6.07, 6.45) is 5.93. The molecule has 0 saturated carbocycles. The molecule has 7 nitrogen and oxygen atoms in total. The summed E-state index contributed by atoms with van der Waals surface area (Å²) in [5.41, 5.74) is 10.9. The average molecular weight is 463 g/mol. The van der Waals surface area contributed by atoms with Gasteiger partial charge in [0, 0.05) is 44.0 Å². The van der Waals surface area contributed by atoms with Gasteiger partial charge in [0.15, 0.2) is 0 Å². The first-order valence-corrected chi connectivity index (χ1v) is 12.4. The number of aryl methyl sites for hydroxylation is 1. The van der Waals surface area contributed by atoms with Gasteiger partial charge in [0.1, 0.15) is 5.69 Å². The monoisotopic (exact) mass is 462 g/mol. The number of primary amides is 1. The van der Waals surface area contributed by atoms with Crippen LogP contribution < -0.4 is 5.73 Å². The summed E-state index contributed by atoms with van der Waals surface area (Å²) < 4.78 is 5.41. The zero-order valence-electron chi connectivity index (χ0n) is 20.1. The maximum atomic E-state index is 12.3. The van der Waals surface area contributed by atoms with Crippen molar-refractivity contribution in [2.75, 3.05) is 32.8 Å². The van der Waals surface area contributed by atoms with E-state index < -0.39 is 5.91 Å². The van der Waals surface area contributed by atoms with Crippen LogP contribution in [0.25, 0.3) is 11.1 Å². The van der Waals surface area contributed by atoms with E-state index in [1.54, 1.807) is 12.3 Å². The highest BCUT2D eigenvalue weighted by Crippen LogP contribution is 2.48. The summed E-state index contributed by atoms with van der Waals surface area (Å²) in [6, 6.07) is 10.8. The van der Waals surface area contributed by atoms with Crippen molar-refractivity contribution in [1.82, 2.24) is 14.8 Å². The molecule has 1 aliphatic carbocycles. The molecule has 2 aromatic rings. The van der Waals surface area contributed by atoms with Crippen molar-refractivity contribution in [2.45, 2.75) is 45.6 Å². The van der Waals surface area contributed by atoms with Gasteiger partial charge in [0.05, 0.1) is 6.61 Å². The van der Waals surface area contributed by atoms with E-state index in [4.69, 9.17) is 10.5 Å². The average Bonchev–Trinajstić information content (AvgIpc) is 3.24. The van der Waals surface area contributed by atoms with Crippen LogP contribution in [0.4, 0.5) is 4.79 Å². The molecule has 0 bridgehead atoms. The first-order chi connectivity index (χ1) is 16.3. The molecule has 2 fully saturated rings. The van der Waals surface area contributed by atoms with E-state index in [1.165, 1.54) is 11.1 Å². The highest BCUT2D eigenvalue weighted by Gasteiger charge is 2.48. The third-order valence-corrected chi connectivity index (χ3v) is 7.68. The van der Waals surface area contributed by atoms with Gasteiger partial charge in [0.25, 0.3) is 5.91 Å². The normalized spacial score (nSPS) is 21.4. The number of nitrogens with zero attached hydrogens (tertiary/aromatic N) is 3. The molecule has 2 N–H and O–H groups in total. The summed E-state index contributed by atoms with van der Waals surface area (Å²) in [4.78, 5) is 32.2. The van der Waals surface area contributed by atoms with Crippen LogP contribution in [-0.2, 0) is 11.2 Å². The molecule has 2 saturated heterocycles. The number of nitrogens with two attached hydrogens (primary N) is 1. The smallest absolute Gasteiger partial charge is 0.409 e. The number of carbonyl (C=O) groups excluding carboxylic acids is 2. The van der Waals surface area contributed by atoms with Crippen LogP contribution in [0.15, 0.2) is 36.5 Å². The number of fused-ring (bicyclic) bond motifs is 1. The van der Waals surface area contributed by atoms with Gasteiger partial charge in [-0.05, 0) is 59.8 Å². The summed E-state index contributed by atoms with van der Waals surface area (Å²) in [6.45, 7) is 8.45. The molecule has 3 heterocycles. The topological polar surface area (TPSA) is 88.8 Å². The van der Waals surface area contributed by atoms with Crippen LogP contribution in [0.1, 0.15) is 60.8 Å². The maximum absolute atomic E-state index is 12.3. The zero-order chi connectivity index (χ0) is 23.9. The second-order valence-corrected chi connectivity index (χ2v) is 10.6. The van der Waals surface area contributed by atoms with Crippen LogP contribution in [0.2, 0.25) is 0 Å². The number of pyridine rings is 1. The van der Waals surface area contributed by atoms with E-state index in [1.807, 2.05) is 11.0 Å². The Morgan fingerprint density at radius 3 is 2.53 bits per heavy atom. The van der Waals surface area contributed by atoms with Crippen molar-refractivity contribution < 1.29 is 14.3 Å². The van der Waals surface area contributed by atoms with E-state index in [9.17, 15) is 9.59 Å². The van der Waals surface area contributed by atoms with Gasteiger partial charge in [-0.1, -0.05) is 38.1 Å². The van der Waals surface area contributed by atoms with Crippen molar-refractivity contribution in [3.05, 3.63) is 53.3 Å². The fraction of sp³-hybridized carbons (Fsp3) is 0.519. The van der Waals surface area contributed by atoms with Gasteiger partial charge in [-0.2, -0.15) is 0 Å². The minimum Gasteiger partial charge on any atom is -0.449 e. The number of hydrogen-bond acceptors (Lipinski definition) is 5. The van der Waals surface area contributed by atoms with Crippen molar-refractivity contribution in [1.29, 1.82) is 0 Å². The molecular formula is C27H34N4O3. The third kappa shape index (κ3) is 4.41. The number of rotatable bonds is 5. The summed E-state index contributed by atoms with van der Waals surface area (Å²) in [5.74, 6) is -0.142. The van der Waals surface area contributed by atoms with Crippen molar-refractivity contribution >= 4 is 12.0 Å². The van der Waals surface area contributed by atoms with E-state index in [-0.39, 0.29) is 11.8 Å². The zero-order valence-corrected chi connectivity index (χ0v) is 20.1. The van der Waals surface area contributed by atoms with Crippen LogP contribution in [0.3, 0.4) is 0 Å². The molecule has 0 unspecified atom stereocenters. The molecule has 2 amide bonds. The highest BCUT2D eigenvalue weighted by molar-refractivity contribution is 5.91. The van der Waals surface area contributed by atoms with E-state index >= 15 is 0 Å². The van der Waals surface area contributed by atoms with Gasteiger partial charge >= 0.3 is 6.09 Å². The fourth-order valence-corrected chi connectivity index (χ4v) is 5.71. The molecule has 7 heteroatoms. The van der Waals surface area contributed by atoms with E-state index in [0.717, 1.165) is 63.0 Å². The van der Waals surface area contributed by atoms with Gasteiger partial charge < -0.3 is 15.4 Å². The molecule has 3 aliphatic rings. The second kappa shape index (κ2) is 9.02. The lowest BCUT2D eigenvalue weighted by molar-refractivity contribution is -0.0681. The molecule has 0 radical (unpaired) electrons. The molecule has 1 aromatic carbocycles. The molecule has 34 heavy (non-hydrogen) atoms. The number of benzene rings is 1. The number of piperidine rings is 1. The second-order valence-electron chi connectivity index (χ2n) is 10.6. The maximum Gasteiger partial charge on any atom is 0.409 e. The largest absolute Gasteiger partial charge is 0.449 e. The Morgan fingerprint density at radius 2 is 1.88 bits per heavy atom. The quantitative estimate of drug-likeness (QED) is 0.725. The number of ether oxygens (including phenoxy) is 1. The van der Waals surface area contributed by atoms with Gasteiger partial charge in [-0.3, -0.25) is 14.7 Å². The minimum atomic E-state index is -0.507. The third-order valence-electron chi connectivity index (χ3n) is 7.68. The Morgan fingerprint density at radius 1 is 1.15 bits per heavy atom. The standard InChI is InChI=1S/C27H34N4O3/c1-18(2)15-34-26(33)30-11-9-27(10-12-30)16-31(17-27)24-8-5-20-13-19(3-6-22(20)24)21-4-7-23(25(28)32)29-14-21/h3-4,6-7,13-14,18,24H,5,8-12,15-17H2,1-2H3,(H2,28,32)/t24-/m1/s1. The lowest BCUT2D eigenvalue weighted by Gasteiger charge is -2.56. The number of likely N-dealkylation sites (tertiary alicyclic amines) is 2. The molecule has 5 rings (SSSR count). The van der Waals surface area contributed by atoms with Crippen molar-refractivity contribution in [3.8, 4) is 11.1 Å². The number of amides is 2. The predicted octanol–water partition coefficient (Wildman–Crippen LogP) is 4.03. The van der Waals surface area contributed by atoms with E-state index in [0.29, 0.717) is 24.0 Å². The summed E-state index contributed by atoms with van der Waals surface area (Å²) in [7, 11) is 0. The van der Waals surface area contributed by atoms with Crippen LogP contribution in [-0.4, -0.2) is 59.6 Å². The SMILES string of the molecule is CC(C)COC(=O)N1CCC2(CC1)CN([C@@H]1CCc3cc(-c4ccc(C(N)=O)nc4)ccc31)C2. The molecule has 1 spiro atoms. The van der Waals surface area contributed by atoms with Gasteiger partial charge in [-0.25, -0.2) is 4.79 Å². The molecule has 1 atom stereocenters. The lowest BCUT2D eigenvalue weighted by Crippen LogP contribution is -2.61. The van der Waals surface area contributed by atoms with Crippen molar-refractivity contribution in [2.24, 2.45) is 17.1 Å². The Bertz CT molecular complexity index is 1070. The summed E-state index contributed by atoms with van der Waals surface area (Å²) >= 11 is 0. The Kier molecular flexibility index (Phi) is 6.06. The number of hydrogen-bond donors (Lipinski definition) is 1. The molecule has 180 valence electrons.